The highest BCUT2D eigenvalue weighted by Gasteiger charge is 2.35. The van der Waals surface area contributed by atoms with Crippen molar-refractivity contribution in [3.05, 3.63) is 129 Å². The molecule has 4 aliphatic carbocycles. The van der Waals surface area contributed by atoms with Gasteiger partial charge in [-0.05, 0) is 84.0 Å². The van der Waals surface area contributed by atoms with Gasteiger partial charge in [-0.25, -0.2) is 14.8 Å². The molecule has 6 rings (SSSR count). The summed E-state index contributed by atoms with van der Waals surface area (Å²) in [5, 5.41) is 5.19. The van der Waals surface area contributed by atoms with E-state index in [4.69, 9.17) is 0 Å². The Labute approximate surface area is 296 Å². The van der Waals surface area contributed by atoms with E-state index in [-0.39, 0.29) is 58.1 Å². The third kappa shape index (κ3) is 7.82. The quantitative estimate of drug-likeness (QED) is 0.306. The molecule has 0 saturated carbocycles. The third-order valence-corrected chi connectivity index (χ3v) is 10.1. The number of carbonyl (C=O) groups is 5. The molecule has 0 bridgehead atoms. The molecular weight excluding hydrogens is 717 g/mol. The van der Waals surface area contributed by atoms with Crippen molar-refractivity contribution < 1.29 is 49.9 Å². The van der Waals surface area contributed by atoms with Crippen LogP contribution in [0.2, 0.25) is 0 Å². The van der Waals surface area contributed by atoms with Gasteiger partial charge in [0.15, 0.2) is 0 Å². The zero-order valence-electron chi connectivity index (χ0n) is 26.6. The van der Waals surface area contributed by atoms with Gasteiger partial charge < -0.3 is 10.6 Å². The first-order valence-corrected chi connectivity index (χ1v) is 18.2. The molecule has 52 heavy (non-hydrogen) atoms. The zero-order chi connectivity index (χ0) is 37.4. The standard InChI is InChI=1S/C35H26N4O11S2/c40-29-13-15-31(51(45,46)47)27-17-23(9-11-25(27)29)36-33(42)19-1-5-21(6-2-19)38-35(44)39-22-7-3-20(4-8-22)34(43)37-24-10-12-26-28(18-24)32(52(48,49)50)16-14-30(26)41/h1-12,15-18,25-26H,13-14H2,(H2,38,39,44)(H,45,46,47)(H,48,49,50). The van der Waals surface area contributed by atoms with Crippen LogP contribution in [-0.4, -0.2) is 66.8 Å². The molecule has 4 aliphatic rings. The lowest BCUT2D eigenvalue weighted by atomic mass is 9.84. The number of Topliss-reactive ketones (excluding diaryl/α,β-unsaturated/α-hetero) is 2. The number of fused-ring (bicyclic) bond motifs is 2. The summed E-state index contributed by atoms with van der Waals surface area (Å²) in [6.07, 6.45) is 10.1. The minimum Gasteiger partial charge on any atom is -0.308 e. The number of rotatable bonds is 6. The van der Waals surface area contributed by atoms with Gasteiger partial charge in [0.2, 0.25) is 0 Å². The molecule has 0 heterocycles. The van der Waals surface area contributed by atoms with E-state index in [1.807, 2.05) is 0 Å². The number of anilines is 2. The van der Waals surface area contributed by atoms with Crippen molar-refractivity contribution in [3.63, 3.8) is 0 Å². The maximum absolute atomic E-state index is 12.8. The molecule has 4 N–H and O–H groups in total. The molecule has 15 nitrogen and oxygen atoms in total. The second kappa shape index (κ2) is 14.0. The Hall–Kier alpha value is -6.01. The molecule has 4 amide bonds. The Morgan fingerprint density at radius 1 is 0.615 bits per heavy atom. The van der Waals surface area contributed by atoms with Crippen LogP contribution < -0.4 is 10.6 Å². The number of aliphatic imine (C=N–C) groups is 2. The number of nitrogens with one attached hydrogen (secondary N) is 2. The van der Waals surface area contributed by atoms with E-state index < -0.39 is 59.7 Å². The third-order valence-electron chi connectivity index (χ3n) is 8.23. The van der Waals surface area contributed by atoms with Crippen LogP contribution in [0.5, 0.6) is 0 Å². The Kier molecular flexibility index (Phi) is 9.61. The molecule has 17 heteroatoms. The van der Waals surface area contributed by atoms with Gasteiger partial charge in [0, 0.05) is 35.3 Å². The minimum absolute atomic E-state index is 0.0251. The number of allylic oxidation sites excluding steroid dienone is 10. The number of amides is 4. The number of nitrogens with zero attached hydrogens (tertiary/aromatic N) is 2. The Balaban J connectivity index is 1.06. The van der Waals surface area contributed by atoms with Crippen LogP contribution >= 0.6 is 0 Å². The lowest BCUT2D eigenvalue weighted by Crippen LogP contribution is -2.26. The Bertz CT molecular complexity index is 2260. The molecule has 0 saturated heterocycles. The van der Waals surface area contributed by atoms with Crippen molar-refractivity contribution in [2.24, 2.45) is 21.8 Å². The molecule has 264 valence electrons. The van der Waals surface area contributed by atoms with Gasteiger partial charge in [0.25, 0.3) is 32.1 Å². The number of benzene rings is 2. The highest BCUT2D eigenvalue weighted by molar-refractivity contribution is 7.90. The second-order valence-electron chi connectivity index (χ2n) is 11.7. The summed E-state index contributed by atoms with van der Waals surface area (Å²) < 4.78 is 66.3. The normalized spacial score (nSPS) is 21.3. The summed E-state index contributed by atoms with van der Waals surface area (Å²) in [6, 6.07) is 10.8. The molecule has 0 fully saturated rings. The van der Waals surface area contributed by atoms with E-state index in [0.717, 1.165) is 12.2 Å². The fourth-order valence-electron chi connectivity index (χ4n) is 5.77. The van der Waals surface area contributed by atoms with E-state index in [1.54, 1.807) is 0 Å². The van der Waals surface area contributed by atoms with Crippen molar-refractivity contribution in [1.29, 1.82) is 0 Å². The van der Waals surface area contributed by atoms with Crippen molar-refractivity contribution in [2.75, 3.05) is 10.6 Å². The highest BCUT2D eigenvalue weighted by Crippen LogP contribution is 2.35. The van der Waals surface area contributed by atoms with E-state index in [0.29, 0.717) is 11.4 Å². The van der Waals surface area contributed by atoms with Crippen molar-refractivity contribution in [1.82, 2.24) is 0 Å². The van der Waals surface area contributed by atoms with Crippen LogP contribution in [-0.2, 0) is 29.8 Å². The topological polar surface area (TPSA) is 243 Å². The van der Waals surface area contributed by atoms with E-state index in [1.165, 1.54) is 85.0 Å². The summed E-state index contributed by atoms with van der Waals surface area (Å²) in [5.41, 5.74) is 1.12. The van der Waals surface area contributed by atoms with Gasteiger partial charge in [-0.2, -0.15) is 16.8 Å². The van der Waals surface area contributed by atoms with Crippen molar-refractivity contribution >= 4 is 72.4 Å². The first kappa shape index (κ1) is 35.8. The SMILES string of the molecule is O=C(Nc1ccc(C(=O)N=C2C=CC3C(=O)CC=C(S(=O)(=O)O)C3=C2)cc1)Nc1ccc(C(=O)N=C2C=CC3C(=O)CC=C(S(=O)(=O)O)C3=C2)cc1. The van der Waals surface area contributed by atoms with Gasteiger partial charge in [-0.15, -0.1) is 0 Å². The minimum atomic E-state index is -4.60. The van der Waals surface area contributed by atoms with Crippen LogP contribution in [0, 0.1) is 11.8 Å². The summed E-state index contributed by atoms with van der Waals surface area (Å²) in [5.74, 6) is -3.67. The maximum atomic E-state index is 12.8. The van der Waals surface area contributed by atoms with Gasteiger partial charge in [-0.1, -0.05) is 24.3 Å². The van der Waals surface area contributed by atoms with Gasteiger partial charge in [0.05, 0.1) is 33.1 Å². The average molecular weight is 743 g/mol. The molecule has 2 aromatic carbocycles. The monoisotopic (exact) mass is 742 g/mol. The van der Waals surface area contributed by atoms with Crippen molar-refractivity contribution in [3.8, 4) is 0 Å². The van der Waals surface area contributed by atoms with Gasteiger partial charge in [0.1, 0.15) is 11.6 Å². The summed E-state index contributed by atoms with van der Waals surface area (Å²) in [7, 11) is -9.21. The van der Waals surface area contributed by atoms with Crippen LogP contribution in [0.4, 0.5) is 16.2 Å². The van der Waals surface area contributed by atoms with E-state index in [9.17, 15) is 49.9 Å². The molecule has 2 unspecified atom stereocenters. The van der Waals surface area contributed by atoms with E-state index in [2.05, 4.69) is 20.6 Å². The van der Waals surface area contributed by atoms with Gasteiger partial charge >= 0.3 is 6.03 Å². The molecule has 0 aromatic heterocycles. The average Bonchev–Trinajstić information content (AvgIpc) is 3.08. The first-order valence-electron chi connectivity index (χ1n) is 15.3. The molecule has 2 aromatic rings. The maximum Gasteiger partial charge on any atom is 0.323 e. The van der Waals surface area contributed by atoms with Gasteiger partial charge in [-0.3, -0.25) is 28.3 Å². The first-order chi connectivity index (χ1) is 24.6. The summed E-state index contributed by atoms with van der Waals surface area (Å²) >= 11 is 0. The zero-order valence-corrected chi connectivity index (χ0v) is 28.2. The predicted molar refractivity (Wildman–Crippen MR) is 189 cm³/mol. The lowest BCUT2D eigenvalue weighted by molar-refractivity contribution is -0.120. The molecule has 0 aliphatic heterocycles. The molecule has 0 radical (unpaired) electrons. The Morgan fingerprint density at radius 3 is 1.33 bits per heavy atom. The number of carbonyl (C=O) groups excluding carboxylic acids is 5. The second-order valence-corrected chi connectivity index (χ2v) is 14.5. The number of hydrogen-bond acceptors (Lipinski definition) is 9. The number of ketones is 2. The smallest absolute Gasteiger partial charge is 0.308 e. The fourth-order valence-corrected chi connectivity index (χ4v) is 7.33. The summed E-state index contributed by atoms with van der Waals surface area (Å²) in [6.45, 7) is 0. The van der Waals surface area contributed by atoms with Crippen LogP contribution in [0.25, 0.3) is 0 Å². The van der Waals surface area contributed by atoms with E-state index >= 15 is 0 Å². The van der Waals surface area contributed by atoms with Crippen LogP contribution in [0.1, 0.15) is 33.6 Å². The largest absolute Gasteiger partial charge is 0.323 e. The summed E-state index contributed by atoms with van der Waals surface area (Å²) in [4.78, 5) is 69.8. The number of hydrogen-bond donors (Lipinski definition) is 4. The number of urea groups is 1. The van der Waals surface area contributed by atoms with Crippen molar-refractivity contribution in [2.45, 2.75) is 12.8 Å². The highest BCUT2D eigenvalue weighted by atomic mass is 32.2. The lowest BCUT2D eigenvalue weighted by Gasteiger charge is -2.24. The predicted octanol–water partition coefficient (Wildman–Crippen LogP) is 4.21. The molecular formula is C35H26N4O11S2. The molecule has 2 atom stereocenters. The molecule has 0 spiro atoms. The van der Waals surface area contributed by atoms with Crippen LogP contribution in [0.15, 0.2) is 128 Å². The van der Waals surface area contributed by atoms with Crippen LogP contribution in [0.3, 0.4) is 0 Å². The fraction of sp³-hybridized carbons (Fsp3) is 0.114. The Morgan fingerprint density at radius 2 is 0.981 bits per heavy atom.